The molecule has 0 saturated carbocycles. The van der Waals surface area contributed by atoms with Crippen LogP contribution >= 0.6 is 0 Å². The topological polar surface area (TPSA) is 140 Å². The first-order valence-electron chi connectivity index (χ1n) is 13.3. The standard InChI is InChI=1S/C25H50N6O2/c1-2-3-4-5-6-7-8-9-10-11-17-23(32)31-19-13-12-15-21(31)20-30-24(33)22(26)16-14-18-29-25(27)28/h21-22H,2-20,26H2,1H3,(H,30,33)(H4,27,28,29)/t21?,22-/m0/s1. The van der Waals surface area contributed by atoms with Crippen molar-refractivity contribution in [1.82, 2.24) is 10.2 Å². The number of rotatable bonds is 18. The predicted octanol–water partition coefficient (Wildman–Crippen LogP) is 3.18. The maximum absolute atomic E-state index is 12.8. The Labute approximate surface area is 201 Å². The van der Waals surface area contributed by atoms with Gasteiger partial charge in [0.05, 0.1) is 6.04 Å². The van der Waals surface area contributed by atoms with Crippen LogP contribution in [0.15, 0.2) is 4.99 Å². The van der Waals surface area contributed by atoms with Crippen LogP contribution in [-0.4, -0.2) is 54.4 Å². The van der Waals surface area contributed by atoms with E-state index in [1.165, 1.54) is 51.4 Å². The lowest BCUT2D eigenvalue weighted by Gasteiger charge is -2.36. The van der Waals surface area contributed by atoms with Gasteiger partial charge in [-0.3, -0.25) is 14.6 Å². The molecule has 33 heavy (non-hydrogen) atoms. The Morgan fingerprint density at radius 1 is 0.970 bits per heavy atom. The van der Waals surface area contributed by atoms with Crippen LogP contribution < -0.4 is 22.5 Å². The molecule has 1 fully saturated rings. The zero-order valence-corrected chi connectivity index (χ0v) is 21.0. The lowest BCUT2D eigenvalue weighted by Crippen LogP contribution is -2.51. The summed E-state index contributed by atoms with van der Waals surface area (Å²) in [4.78, 5) is 31.0. The van der Waals surface area contributed by atoms with Crippen molar-refractivity contribution in [3.05, 3.63) is 0 Å². The Kier molecular flexibility index (Phi) is 16.4. The molecule has 2 amide bonds. The summed E-state index contributed by atoms with van der Waals surface area (Å²) in [6, 6.07) is -0.509. The van der Waals surface area contributed by atoms with Crippen molar-refractivity contribution >= 4 is 17.8 Å². The smallest absolute Gasteiger partial charge is 0.236 e. The highest BCUT2D eigenvalue weighted by Gasteiger charge is 2.27. The lowest BCUT2D eigenvalue weighted by atomic mass is 10.0. The van der Waals surface area contributed by atoms with Gasteiger partial charge in [0.1, 0.15) is 0 Å². The Morgan fingerprint density at radius 2 is 1.61 bits per heavy atom. The number of hydrogen-bond acceptors (Lipinski definition) is 4. The van der Waals surface area contributed by atoms with E-state index in [1.807, 2.05) is 4.90 Å². The molecular formula is C25H50N6O2. The van der Waals surface area contributed by atoms with Crippen molar-refractivity contribution in [3.63, 3.8) is 0 Å². The van der Waals surface area contributed by atoms with Crippen LogP contribution in [0.4, 0.5) is 0 Å². The summed E-state index contributed by atoms with van der Waals surface area (Å²) in [6.07, 6.45) is 17.5. The third-order valence-corrected chi connectivity index (χ3v) is 6.51. The molecule has 8 heteroatoms. The highest BCUT2D eigenvalue weighted by atomic mass is 16.2. The van der Waals surface area contributed by atoms with Crippen LogP contribution in [0.2, 0.25) is 0 Å². The van der Waals surface area contributed by atoms with Gasteiger partial charge in [0.2, 0.25) is 11.8 Å². The summed E-state index contributed by atoms with van der Waals surface area (Å²) in [5.41, 5.74) is 16.6. The number of hydrogen-bond donors (Lipinski definition) is 4. The molecule has 1 rings (SSSR count). The minimum Gasteiger partial charge on any atom is -0.370 e. The fourth-order valence-electron chi connectivity index (χ4n) is 4.45. The number of aliphatic imine (C=N–C) groups is 1. The van der Waals surface area contributed by atoms with E-state index in [0.29, 0.717) is 32.4 Å². The summed E-state index contributed by atoms with van der Waals surface area (Å²) in [5, 5.41) is 2.95. The highest BCUT2D eigenvalue weighted by molar-refractivity contribution is 5.81. The van der Waals surface area contributed by atoms with Gasteiger partial charge in [-0.2, -0.15) is 0 Å². The molecule has 0 bridgehead atoms. The summed E-state index contributed by atoms with van der Waals surface area (Å²) < 4.78 is 0. The summed E-state index contributed by atoms with van der Waals surface area (Å²) in [5.74, 6) is 0.107. The van der Waals surface area contributed by atoms with E-state index < -0.39 is 6.04 Å². The minimum absolute atomic E-state index is 0.0490. The first kappa shape index (κ1) is 29.2. The summed E-state index contributed by atoms with van der Waals surface area (Å²) >= 11 is 0. The second kappa shape index (κ2) is 18.6. The Balaban J connectivity index is 2.22. The predicted molar refractivity (Wildman–Crippen MR) is 137 cm³/mol. The van der Waals surface area contributed by atoms with E-state index in [9.17, 15) is 9.59 Å². The lowest BCUT2D eigenvalue weighted by molar-refractivity contribution is -0.135. The molecular weight excluding hydrogens is 416 g/mol. The van der Waals surface area contributed by atoms with E-state index in [-0.39, 0.29) is 23.8 Å². The van der Waals surface area contributed by atoms with Crippen LogP contribution in [0.25, 0.3) is 0 Å². The van der Waals surface area contributed by atoms with E-state index in [1.54, 1.807) is 0 Å². The highest BCUT2D eigenvalue weighted by Crippen LogP contribution is 2.19. The number of likely N-dealkylation sites (tertiary alicyclic amines) is 1. The fourth-order valence-corrected chi connectivity index (χ4v) is 4.45. The maximum Gasteiger partial charge on any atom is 0.236 e. The van der Waals surface area contributed by atoms with Crippen molar-refractivity contribution in [1.29, 1.82) is 0 Å². The van der Waals surface area contributed by atoms with Gasteiger partial charge in [0.15, 0.2) is 5.96 Å². The second-order valence-corrected chi connectivity index (χ2v) is 9.47. The zero-order chi connectivity index (χ0) is 24.3. The molecule has 7 N–H and O–H groups in total. The van der Waals surface area contributed by atoms with Gasteiger partial charge in [0, 0.05) is 32.1 Å². The molecule has 1 aliphatic heterocycles. The second-order valence-electron chi connectivity index (χ2n) is 9.47. The van der Waals surface area contributed by atoms with Crippen LogP contribution in [0.5, 0.6) is 0 Å². The van der Waals surface area contributed by atoms with Crippen molar-refractivity contribution in [2.24, 2.45) is 22.2 Å². The van der Waals surface area contributed by atoms with Crippen molar-refractivity contribution in [2.75, 3.05) is 19.6 Å². The monoisotopic (exact) mass is 466 g/mol. The van der Waals surface area contributed by atoms with E-state index >= 15 is 0 Å². The van der Waals surface area contributed by atoms with Gasteiger partial charge in [-0.1, -0.05) is 64.7 Å². The molecule has 0 aromatic rings. The Hall–Kier alpha value is -1.83. The van der Waals surface area contributed by atoms with E-state index in [0.717, 1.165) is 38.6 Å². The van der Waals surface area contributed by atoms with Crippen LogP contribution in [0.1, 0.15) is 110 Å². The Bertz CT molecular complexity index is 565. The molecule has 2 atom stereocenters. The largest absolute Gasteiger partial charge is 0.370 e. The third-order valence-electron chi connectivity index (χ3n) is 6.51. The number of nitrogens with zero attached hydrogens (tertiary/aromatic N) is 2. The van der Waals surface area contributed by atoms with Gasteiger partial charge < -0.3 is 27.4 Å². The summed E-state index contributed by atoms with van der Waals surface area (Å²) in [6.45, 7) is 3.98. The third kappa shape index (κ3) is 14.1. The first-order chi connectivity index (χ1) is 16.0. The first-order valence-corrected chi connectivity index (χ1v) is 13.3. The number of carbonyl (C=O) groups excluding carboxylic acids is 2. The van der Waals surface area contributed by atoms with Gasteiger partial charge in [-0.05, 0) is 38.5 Å². The van der Waals surface area contributed by atoms with Crippen molar-refractivity contribution in [3.8, 4) is 0 Å². The number of carbonyl (C=O) groups is 2. The van der Waals surface area contributed by atoms with Gasteiger partial charge >= 0.3 is 0 Å². The van der Waals surface area contributed by atoms with E-state index in [4.69, 9.17) is 17.2 Å². The number of guanidine groups is 1. The molecule has 0 aliphatic carbocycles. The van der Waals surface area contributed by atoms with Crippen molar-refractivity contribution < 1.29 is 9.59 Å². The van der Waals surface area contributed by atoms with Gasteiger partial charge in [0.25, 0.3) is 0 Å². The molecule has 1 saturated heterocycles. The molecule has 1 heterocycles. The number of unbranched alkanes of at least 4 members (excludes halogenated alkanes) is 9. The number of piperidine rings is 1. The molecule has 0 radical (unpaired) electrons. The molecule has 0 spiro atoms. The minimum atomic E-state index is -0.585. The average molecular weight is 467 g/mol. The Morgan fingerprint density at radius 3 is 2.24 bits per heavy atom. The molecule has 0 aromatic carbocycles. The van der Waals surface area contributed by atoms with Crippen LogP contribution in [-0.2, 0) is 9.59 Å². The normalized spacial score (nSPS) is 16.9. The SMILES string of the molecule is CCCCCCCCCCCCC(=O)N1CCCCC1CNC(=O)[C@@H](N)CCCN=C(N)N. The quantitative estimate of drug-likeness (QED) is 0.139. The molecule has 1 unspecified atom stereocenters. The molecule has 1 aliphatic rings. The summed E-state index contributed by atoms with van der Waals surface area (Å²) in [7, 11) is 0. The van der Waals surface area contributed by atoms with Gasteiger partial charge in [-0.15, -0.1) is 0 Å². The van der Waals surface area contributed by atoms with E-state index in [2.05, 4.69) is 17.2 Å². The van der Waals surface area contributed by atoms with Gasteiger partial charge in [-0.25, -0.2) is 0 Å². The maximum atomic E-state index is 12.8. The number of amides is 2. The molecule has 192 valence electrons. The molecule has 0 aromatic heterocycles. The van der Waals surface area contributed by atoms with Crippen LogP contribution in [0, 0.1) is 0 Å². The average Bonchev–Trinajstić information content (AvgIpc) is 2.81. The molecule has 8 nitrogen and oxygen atoms in total. The number of nitrogens with two attached hydrogens (primary N) is 3. The zero-order valence-electron chi connectivity index (χ0n) is 21.0. The van der Waals surface area contributed by atoms with Crippen molar-refractivity contribution in [2.45, 2.75) is 122 Å². The fraction of sp³-hybridized carbons (Fsp3) is 0.880. The van der Waals surface area contributed by atoms with Crippen LogP contribution in [0.3, 0.4) is 0 Å². The number of nitrogens with one attached hydrogen (secondary N) is 1.